The van der Waals surface area contributed by atoms with E-state index in [-0.39, 0.29) is 18.2 Å². The predicted octanol–water partition coefficient (Wildman–Crippen LogP) is 2.99. The Morgan fingerprint density at radius 2 is 1.57 bits per heavy atom. The molecular formula is C19H22N2O2. The maximum absolute atomic E-state index is 11.9. The number of hydrogen-bond donors (Lipinski definition) is 2. The van der Waals surface area contributed by atoms with Gasteiger partial charge in [-0.15, -0.1) is 0 Å². The summed E-state index contributed by atoms with van der Waals surface area (Å²) in [5.74, 6) is -0.176. The molecule has 0 radical (unpaired) electrons. The van der Waals surface area contributed by atoms with E-state index in [2.05, 4.69) is 16.7 Å². The number of anilines is 1. The zero-order chi connectivity index (χ0) is 16.7. The zero-order valence-electron chi connectivity index (χ0n) is 13.6. The van der Waals surface area contributed by atoms with E-state index in [1.54, 1.807) is 0 Å². The maximum Gasteiger partial charge on any atom is 0.226 e. The Bertz CT molecular complexity index is 661. The first-order valence-corrected chi connectivity index (χ1v) is 7.72. The molecule has 0 saturated heterocycles. The van der Waals surface area contributed by atoms with E-state index < -0.39 is 0 Å². The minimum absolute atomic E-state index is 0.0737. The Balaban J connectivity index is 1.73. The van der Waals surface area contributed by atoms with Crippen LogP contribution < -0.4 is 10.6 Å². The Morgan fingerprint density at radius 1 is 0.913 bits per heavy atom. The molecule has 0 fully saturated rings. The first-order chi connectivity index (χ1) is 11.0. The van der Waals surface area contributed by atoms with Gasteiger partial charge in [-0.2, -0.15) is 0 Å². The van der Waals surface area contributed by atoms with Crippen molar-refractivity contribution in [1.29, 1.82) is 0 Å². The van der Waals surface area contributed by atoms with Gasteiger partial charge in [0.1, 0.15) is 0 Å². The van der Waals surface area contributed by atoms with Crippen molar-refractivity contribution in [3.63, 3.8) is 0 Å². The smallest absolute Gasteiger partial charge is 0.226 e. The van der Waals surface area contributed by atoms with E-state index >= 15 is 0 Å². The topological polar surface area (TPSA) is 58.2 Å². The van der Waals surface area contributed by atoms with Crippen molar-refractivity contribution in [3.05, 3.63) is 65.2 Å². The van der Waals surface area contributed by atoms with Crippen LogP contribution >= 0.6 is 0 Å². The van der Waals surface area contributed by atoms with Crippen LogP contribution in [0.5, 0.6) is 0 Å². The van der Waals surface area contributed by atoms with Crippen LogP contribution in [0.2, 0.25) is 0 Å². The lowest BCUT2D eigenvalue weighted by molar-refractivity contribution is -0.120. The standard InChI is InChI=1S/C19H22N2O2/c1-14-10-15(2)12-17(11-14)21-18(22)8-9-20-19(23)13-16-6-4-3-5-7-16/h3-7,10-12H,8-9,13H2,1-2H3,(H,20,23)(H,21,22). The lowest BCUT2D eigenvalue weighted by Crippen LogP contribution is -2.28. The Morgan fingerprint density at radius 3 is 2.22 bits per heavy atom. The molecule has 23 heavy (non-hydrogen) atoms. The monoisotopic (exact) mass is 310 g/mol. The highest BCUT2D eigenvalue weighted by Gasteiger charge is 2.06. The van der Waals surface area contributed by atoms with Crippen molar-refractivity contribution < 1.29 is 9.59 Å². The maximum atomic E-state index is 11.9. The van der Waals surface area contributed by atoms with Crippen LogP contribution in [0.1, 0.15) is 23.1 Å². The number of amides is 2. The summed E-state index contributed by atoms with van der Waals surface area (Å²) in [5, 5.41) is 5.63. The molecular weight excluding hydrogens is 288 g/mol. The van der Waals surface area contributed by atoms with Gasteiger partial charge in [-0.1, -0.05) is 36.4 Å². The number of carbonyl (C=O) groups is 2. The number of nitrogens with one attached hydrogen (secondary N) is 2. The highest BCUT2D eigenvalue weighted by atomic mass is 16.2. The molecule has 2 amide bonds. The van der Waals surface area contributed by atoms with E-state index in [9.17, 15) is 9.59 Å². The third-order valence-corrected chi connectivity index (χ3v) is 3.39. The van der Waals surface area contributed by atoms with Gasteiger partial charge in [0.25, 0.3) is 0 Å². The van der Waals surface area contributed by atoms with Crippen LogP contribution in [0.4, 0.5) is 5.69 Å². The average Bonchev–Trinajstić information content (AvgIpc) is 2.47. The second-order valence-electron chi connectivity index (χ2n) is 5.69. The van der Waals surface area contributed by atoms with Crippen molar-refractivity contribution in [2.45, 2.75) is 26.7 Å². The molecule has 120 valence electrons. The number of aryl methyl sites for hydroxylation is 2. The average molecular weight is 310 g/mol. The van der Waals surface area contributed by atoms with Crippen LogP contribution in [0.15, 0.2) is 48.5 Å². The van der Waals surface area contributed by atoms with Crippen LogP contribution in [-0.2, 0) is 16.0 Å². The predicted molar refractivity (Wildman–Crippen MR) is 92.3 cm³/mol. The lowest BCUT2D eigenvalue weighted by atomic mass is 10.1. The summed E-state index contributed by atoms with van der Waals surface area (Å²) in [7, 11) is 0. The van der Waals surface area contributed by atoms with Gasteiger partial charge in [-0.25, -0.2) is 0 Å². The fraction of sp³-hybridized carbons (Fsp3) is 0.263. The van der Waals surface area contributed by atoms with Crippen LogP contribution in [0.25, 0.3) is 0 Å². The second kappa shape index (κ2) is 8.13. The molecule has 0 heterocycles. The second-order valence-corrected chi connectivity index (χ2v) is 5.69. The summed E-state index contributed by atoms with van der Waals surface area (Å²) >= 11 is 0. The summed E-state index contributed by atoms with van der Waals surface area (Å²) in [5.41, 5.74) is 3.97. The molecule has 2 rings (SSSR count). The molecule has 2 aromatic rings. The molecule has 0 bridgehead atoms. The quantitative estimate of drug-likeness (QED) is 0.862. The largest absolute Gasteiger partial charge is 0.355 e. The van der Waals surface area contributed by atoms with Gasteiger partial charge in [-0.3, -0.25) is 9.59 Å². The number of hydrogen-bond acceptors (Lipinski definition) is 2. The highest BCUT2D eigenvalue weighted by Crippen LogP contribution is 2.13. The molecule has 0 aliphatic rings. The first kappa shape index (κ1) is 16.7. The molecule has 0 spiro atoms. The van der Waals surface area contributed by atoms with Gasteiger partial charge in [-0.05, 0) is 42.7 Å². The van der Waals surface area contributed by atoms with Gasteiger partial charge < -0.3 is 10.6 Å². The van der Waals surface area contributed by atoms with Crippen molar-refractivity contribution in [2.24, 2.45) is 0 Å². The zero-order valence-corrected chi connectivity index (χ0v) is 13.6. The van der Waals surface area contributed by atoms with Gasteiger partial charge in [0.05, 0.1) is 6.42 Å². The molecule has 4 heteroatoms. The van der Waals surface area contributed by atoms with Crippen molar-refractivity contribution in [2.75, 3.05) is 11.9 Å². The van der Waals surface area contributed by atoms with Crippen molar-refractivity contribution in [3.8, 4) is 0 Å². The SMILES string of the molecule is Cc1cc(C)cc(NC(=O)CCNC(=O)Cc2ccccc2)c1. The normalized spacial score (nSPS) is 10.2. The van der Waals surface area contributed by atoms with E-state index in [1.807, 2.05) is 56.3 Å². The number of carbonyl (C=O) groups excluding carboxylic acids is 2. The summed E-state index contributed by atoms with van der Waals surface area (Å²) in [6, 6.07) is 15.5. The third kappa shape index (κ3) is 5.94. The van der Waals surface area contributed by atoms with E-state index in [4.69, 9.17) is 0 Å². The van der Waals surface area contributed by atoms with E-state index in [1.165, 1.54) is 0 Å². The lowest BCUT2D eigenvalue weighted by Gasteiger charge is -2.08. The van der Waals surface area contributed by atoms with Crippen LogP contribution in [-0.4, -0.2) is 18.4 Å². The summed E-state index contributed by atoms with van der Waals surface area (Å²) < 4.78 is 0. The molecule has 0 aliphatic carbocycles. The number of rotatable bonds is 6. The molecule has 0 aliphatic heterocycles. The minimum atomic E-state index is -0.102. The Kier molecular flexibility index (Phi) is 5.92. The minimum Gasteiger partial charge on any atom is -0.355 e. The molecule has 0 atom stereocenters. The summed E-state index contributed by atoms with van der Waals surface area (Å²) in [4.78, 5) is 23.7. The van der Waals surface area contributed by atoms with Gasteiger partial charge >= 0.3 is 0 Å². The van der Waals surface area contributed by atoms with Crippen molar-refractivity contribution in [1.82, 2.24) is 5.32 Å². The molecule has 4 nitrogen and oxygen atoms in total. The van der Waals surface area contributed by atoms with E-state index in [0.29, 0.717) is 13.0 Å². The number of benzene rings is 2. The Labute approximate surface area is 136 Å². The third-order valence-electron chi connectivity index (χ3n) is 3.39. The highest BCUT2D eigenvalue weighted by molar-refractivity contribution is 5.91. The van der Waals surface area contributed by atoms with Gasteiger partial charge in [0, 0.05) is 18.7 Å². The molecule has 0 saturated carbocycles. The fourth-order valence-electron chi connectivity index (χ4n) is 2.43. The molecule has 2 aromatic carbocycles. The molecule has 0 unspecified atom stereocenters. The van der Waals surface area contributed by atoms with Crippen molar-refractivity contribution >= 4 is 17.5 Å². The van der Waals surface area contributed by atoms with Crippen LogP contribution in [0, 0.1) is 13.8 Å². The van der Waals surface area contributed by atoms with Gasteiger partial charge in [0.15, 0.2) is 0 Å². The summed E-state index contributed by atoms with van der Waals surface area (Å²) in [6.45, 7) is 4.32. The van der Waals surface area contributed by atoms with Crippen LogP contribution in [0.3, 0.4) is 0 Å². The van der Waals surface area contributed by atoms with E-state index in [0.717, 1.165) is 22.4 Å². The summed E-state index contributed by atoms with van der Waals surface area (Å²) in [6.07, 6.45) is 0.590. The van der Waals surface area contributed by atoms with Gasteiger partial charge in [0.2, 0.25) is 11.8 Å². The first-order valence-electron chi connectivity index (χ1n) is 7.72. The molecule has 0 aromatic heterocycles. The Hall–Kier alpha value is -2.62. The molecule has 2 N–H and O–H groups in total. The fourth-order valence-corrected chi connectivity index (χ4v) is 2.43.